The van der Waals surface area contributed by atoms with Gasteiger partial charge in [-0.25, -0.2) is 0 Å². The molecule has 0 aliphatic rings. The molecular weight excluding hydrogens is 326 g/mol. The predicted molar refractivity (Wildman–Crippen MR) is 68.4 cm³/mol. The lowest BCUT2D eigenvalue weighted by atomic mass is 10.2. The Bertz CT molecular complexity index is 462. The summed E-state index contributed by atoms with van der Waals surface area (Å²) < 4.78 is 11.4. The van der Waals surface area contributed by atoms with Crippen molar-refractivity contribution in [1.29, 1.82) is 0 Å². The largest absolute Gasteiger partial charge is 0.497 e. The van der Waals surface area contributed by atoms with Crippen molar-refractivity contribution < 1.29 is 9.15 Å². The van der Waals surface area contributed by atoms with E-state index in [2.05, 4.69) is 22.6 Å². The first-order valence-electron chi connectivity index (χ1n) is 4.29. The molecule has 0 atom stereocenters. The summed E-state index contributed by atoms with van der Waals surface area (Å²) in [7, 11) is 1.64. The summed E-state index contributed by atoms with van der Waals surface area (Å²) >= 11 is 8.08. The lowest BCUT2D eigenvalue weighted by Gasteiger charge is -2.01. The van der Waals surface area contributed by atoms with Gasteiger partial charge in [0.25, 0.3) is 0 Å². The first-order valence-corrected chi connectivity index (χ1v) is 5.75. The van der Waals surface area contributed by atoms with Crippen LogP contribution in [0.2, 0.25) is 5.02 Å². The second-order valence-electron chi connectivity index (χ2n) is 2.96. The number of ether oxygens (including phenoxy) is 1. The highest BCUT2D eigenvalue weighted by atomic mass is 127. The number of hydrogen-bond donors (Lipinski definition) is 0. The molecule has 4 heteroatoms. The number of hydrogen-bond acceptors (Lipinski definition) is 2. The van der Waals surface area contributed by atoms with Gasteiger partial charge in [-0.1, -0.05) is 11.6 Å². The summed E-state index contributed by atoms with van der Waals surface area (Å²) in [6.45, 7) is 0. The van der Waals surface area contributed by atoms with Gasteiger partial charge in [0.2, 0.25) is 0 Å². The van der Waals surface area contributed by atoms with Crippen LogP contribution >= 0.6 is 34.2 Å². The minimum atomic E-state index is 0.640. The van der Waals surface area contributed by atoms with Crippen LogP contribution in [0.5, 0.6) is 5.75 Å². The zero-order chi connectivity index (χ0) is 10.8. The molecule has 0 N–H and O–H groups in total. The molecule has 0 amide bonds. The van der Waals surface area contributed by atoms with Crippen LogP contribution in [-0.4, -0.2) is 7.11 Å². The number of rotatable bonds is 2. The Hall–Kier alpha value is -0.680. The Labute approximate surface area is 106 Å². The van der Waals surface area contributed by atoms with Crippen molar-refractivity contribution in [3.8, 4) is 17.1 Å². The highest BCUT2D eigenvalue weighted by molar-refractivity contribution is 14.1. The fraction of sp³-hybridized carbons (Fsp3) is 0.0909. The van der Waals surface area contributed by atoms with Gasteiger partial charge in [-0.05, 0) is 46.9 Å². The number of methoxy groups -OCH3 is 1. The predicted octanol–water partition coefficient (Wildman–Crippen LogP) is 4.21. The molecule has 0 unspecified atom stereocenters. The van der Waals surface area contributed by atoms with Gasteiger partial charge >= 0.3 is 0 Å². The molecule has 0 spiro atoms. The molecule has 2 nitrogen and oxygen atoms in total. The Morgan fingerprint density at radius 3 is 2.40 bits per heavy atom. The van der Waals surface area contributed by atoms with Gasteiger partial charge in [0.1, 0.15) is 17.8 Å². The molecule has 0 saturated heterocycles. The molecule has 0 bridgehead atoms. The Morgan fingerprint density at radius 2 is 1.93 bits per heavy atom. The third kappa shape index (κ3) is 2.13. The number of furan rings is 1. The van der Waals surface area contributed by atoms with Crippen molar-refractivity contribution >= 4 is 34.2 Å². The van der Waals surface area contributed by atoms with Crippen LogP contribution in [0, 0.1) is 3.57 Å². The summed E-state index contributed by atoms with van der Waals surface area (Å²) in [5.74, 6) is 1.62. The Kier molecular flexibility index (Phi) is 3.21. The van der Waals surface area contributed by atoms with Crippen LogP contribution in [0.3, 0.4) is 0 Å². The third-order valence-corrected chi connectivity index (χ3v) is 3.71. The van der Waals surface area contributed by atoms with Gasteiger partial charge in [-0.15, -0.1) is 0 Å². The van der Waals surface area contributed by atoms with E-state index in [0.717, 1.165) is 20.6 Å². The van der Waals surface area contributed by atoms with Crippen molar-refractivity contribution in [3.05, 3.63) is 39.1 Å². The minimum Gasteiger partial charge on any atom is -0.497 e. The molecule has 15 heavy (non-hydrogen) atoms. The Balaban J connectivity index is 2.41. The molecular formula is C11H8ClIO2. The maximum atomic E-state index is 5.91. The van der Waals surface area contributed by atoms with Gasteiger partial charge in [-0.2, -0.15) is 0 Å². The van der Waals surface area contributed by atoms with Crippen LogP contribution < -0.4 is 4.74 Å². The van der Waals surface area contributed by atoms with Gasteiger partial charge in [-0.3, -0.25) is 0 Å². The monoisotopic (exact) mass is 334 g/mol. The van der Waals surface area contributed by atoms with Crippen molar-refractivity contribution in [1.82, 2.24) is 0 Å². The maximum Gasteiger partial charge on any atom is 0.148 e. The Morgan fingerprint density at radius 1 is 1.27 bits per heavy atom. The van der Waals surface area contributed by atoms with Crippen molar-refractivity contribution in [2.75, 3.05) is 7.11 Å². The summed E-state index contributed by atoms with van der Waals surface area (Å²) in [6.07, 6.45) is 1.54. The molecule has 0 fully saturated rings. The first kappa shape index (κ1) is 10.8. The highest BCUT2D eigenvalue weighted by Gasteiger charge is 2.11. The molecule has 1 heterocycles. The van der Waals surface area contributed by atoms with Gasteiger partial charge in [0.05, 0.1) is 15.7 Å². The molecule has 0 aliphatic heterocycles. The number of halogens is 2. The van der Waals surface area contributed by atoms with Crippen molar-refractivity contribution in [2.45, 2.75) is 0 Å². The lowest BCUT2D eigenvalue weighted by Crippen LogP contribution is -1.82. The fourth-order valence-electron chi connectivity index (χ4n) is 1.26. The van der Waals surface area contributed by atoms with Crippen LogP contribution in [-0.2, 0) is 0 Å². The smallest absolute Gasteiger partial charge is 0.148 e. The zero-order valence-corrected chi connectivity index (χ0v) is 10.9. The SMILES string of the molecule is COc1ccc(-c2occ(Cl)c2I)cc1. The molecule has 2 aromatic rings. The molecule has 2 rings (SSSR count). The van der Waals surface area contributed by atoms with Gasteiger partial charge in [0, 0.05) is 5.56 Å². The van der Waals surface area contributed by atoms with E-state index < -0.39 is 0 Å². The first-order chi connectivity index (χ1) is 7.22. The normalized spacial score (nSPS) is 10.3. The molecule has 0 aliphatic carbocycles. The fourth-order valence-corrected chi connectivity index (χ4v) is 1.96. The maximum absolute atomic E-state index is 5.91. The summed E-state index contributed by atoms with van der Waals surface area (Å²) in [5, 5.41) is 0.640. The molecule has 78 valence electrons. The van der Waals surface area contributed by atoms with E-state index >= 15 is 0 Å². The quantitative estimate of drug-likeness (QED) is 0.768. The summed E-state index contributed by atoms with van der Waals surface area (Å²) in [4.78, 5) is 0. The molecule has 1 aromatic carbocycles. The topological polar surface area (TPSA) is 22.4 Å². The molecule has 0 radical (unpaired) electrons. The van der Waals surface area contributed by atoms with E-state index in [1.54, 1.807) is 13.4 Å². The second-order valence-corrected chi connectivity index (χ2v) is 4.44. The van der Waals surface area contributed by atoms with Crippen LogP contribution in [0.25, 0.3) is 11.3 Å². The van der Waals surface area contributed by atoms with Gasteiger partial charge < -0.3 is 9.15 Å². The average Bonchev–Trinajstić information content (AvgIpc) is 2.60. The standard InChI is InChI=1S/C11H8ClIO2/c1-14-8-4-2-7(3-5-8)11-10(13)9(12)6-15-11/h2-6H,1H3. The van der Waals surface area contributed by atoms with E-state index in [9.17, 15) is 0 Å². The lowest BCUT2D eigenvalue weighted by molar-refractivity contribution is 0.415. The van der Waals surface area contributed by atoms with Crippen LogP contribution in [0.1, 0.15) is 0 Å². The number of benzene rings is 1. The van der Waals surface area contributed by atoms with Crippen molar-refractivity contribution in [3.63, 3.8) is 0 Å². The van der Waals surface area contributed by atoms with Crippen LogP contribution in [0.4, 0.5) is 0 Å². The third-order valence-electron chi connectivity index (χ3n) is 2.04. The minimum absolute atomic E-state index is 0.640. The molecule has 1 aromatic heterocycles. The van der Waals surface area contributed by atoms with E-state index in [1.165, 1.54) is 0 Å². The second kappa shape index (κ2) is 4.45. The zero-order valence-electron chi connectivity index (χ0n) is 7.96. The molecule has 0 saturated carbocycles. The van der Waals surface area contributed by atoms with E-state index in [1.807, 2.05) is 24.3 Å². The average molecular weight is 335 g/mol. The summed E-state index contributed by atoms with van der Waals surface area (Å²) in [6, 6.07) is 7.66. The van der Waals surface area contributed by atoms with Crippen molar-refractivity contribution in [2.24, 2.45) is 0 Å². The van der Waals surface area contributed by atoms with Gasteiger partial charge in [0.15, 0.2) is 0 Å². The van der Waals surface area contributed by atoms with E-state index in [4.69, 9.17) is 20.8 Å². The van der Waals surface area contributed by atoms with E-state index in [-0.39, 0.29) is 0 Å². The van der Waals surface area contributed by atoms with Crippen LogP contribution in [0.15, 0.2) is 34.9 Å². The summed E-state index contributed by atoms with van der Waals surface area (Å²) in [5.41, 5.74) is 0.993. The van der Waals surface area contributed by atoms with E-state index in [0.29, 0.717) is 5.02 Å². The highest BCUT2D eigenvalue weighted by Crippen LogP contribution is 2.32.